The molecule has 0 atom stereocenters. The van der Waals surface area contributed by atoms with Crippen LogP contribution in [0.15, 0.2) is 157 Å². The fourth-order valence-corrected chi connectivity index (χ4v) is 8.29. The van der Waals surface area contributed by atoms with E-state index in [9.17, 15) is 5.11 Å². The number of aromatic hydroxyl groups is 1. The zero-order chi connectivity index (χ0) is 29.9. The van der Waals surface area contributed by atoms with Crippen molar-refractivity contribution in [2.75, 3.05) is 7.11 Å². The maximum atomic E-state index is 10.7. The first-order valence-electron chi connectivity index (χ1n) is 14.6. The molecule has 0 unspecified atom stereocenters. The van der Waals surface area contributed by atoms with E-state index in [4.69, 9.17) is 9.73 Å². The van der Waals surface area contributed by atoms with Crippen LogP contribution in [0.25, 0.3) is 32.7 Å². The van der Waals surface area contributed by atoms with Crippen molar-refractivity contribution in [2.45, 2.75) is 0 Å². The van der Waals surface area contributed by atoms with Crippen LogP contribution in [0.4, 0.5) is 5.69 Å². The second-order valence-corrected chi connectivity index (χ2v) is 12.7. The third-order valence-electron chi connectivity index (χ3n) is 7.91. The molecule has 212 valence electrons. The molecule has 4 heteroatoms. The number of ether oxygens (including phenoxy) is 1. The summed E-state index contributed by atoms with van der Waals surface area (Å²) in [7, 11) is 0.688. The van der Waals surface area contributed by atoms with E-state index in [2.05, 4.69) is 133 Å². The van der Waals surface area contributed by atoms with E-state index in [0.717, 1.165) is 22.0 Å². The Balaban J connectivity index is 1.55. The van der Waals surface area contributed by atoms with E-state index in [-0.39, 0.29) is 5.75 Å². The van der Waals surface area contributed by atoms with Gasteiger partial charge in [0.15, 0.2) is 0 Å². The first-order valence-corrected chi connectivity index (χ1v) is 15.9. The molecule has 0 aromatic heterocycles. The maximum Gasteiger partial charge on any atom is 0.128 e. The number of rotatable bonds is 7. The Hall–Kier alpha value is -5.24. The van der Waals surface area contributed by atoms with Crippen molar-refractivity contribution in [3.05, 3.63) is 157 Å². The monoisotopic (exact) mass is 587 g/mol. The van der Waals surface area contributed by atoms with E-state index in [1.807, 2.05) is 12.1 Å². The number of benzene rings is 7. The van der Waals surface area contributed by atoms with E-state index in [1.165, 1.54) is 32.2 Å². The summed E-state index contributed by atoms with van der Waals surface area (Å²) in [5.74, 6) is 0.722. The number of aliphatic imine (C=N–C) groups is 1. The third-order valence-corrected chi connectivity index (χ3v) is 10.4. The summed E-state index contributed by atoms with van der Waals surface area (Å²) in [6.07, 6.45) is 1.74. The van der Waals surface area contributed by atoms with E-state index in [0.29, 0.717) is 11.3 Å². The summed E-state index contributed by atoms with van der Waals surface area (Å²) in [5.41, 5.74) is 3.73. The van der Waals surface area contributed by atoms with Gasteiger partial charge in [-0.15, -0.1) is 0 Å². The molecule has 7 aromatic rings. The van der Waals surface area contributed by atoms with Gasteiger partial charge < -0.3 is 9.84 Å². The highest BCUT2D eigenvalue weighted by atomic mass is 31.1. The van der Waals surface area contributed by atoms with Crippen LogP contribution in [-0.2, 0) is 0 Å². The zero-order valence-electron chi connectivity index (χ0n) is 24.3. The largest absolute Gasteiger partial charge is 0.507 e. The van der Waals surface area contributed by atoms with Gasteiger partial charge in [-0.3, -0.25) is 4.99 Å². The molecule has 3 nitrogen and oxygen atoms in total. The van der Waals surface area contributed by atoms with E-state index in [1.54, 1.807) is 19.4 Å². The smallest absolute Gasteiger partial charge is 0.128 e. The molecule has 0 fully saturated rings. The molecule has 0 amide bonds. The molecule has 0 heterocycles. The van der Waals surface area contributed by atoms with Crippen LogP contribution < -0.4 is 20.7 Å². The average molecular weight is 588 g/mol. The molecular formula is C40H30NO2P. The molecule has 1 N–H and O–H groups in total. The summed E-state index contributed by atoms with van der Waals surface area (Å²) in [6, 6.07) is 52.8. The number of hydrogen-bond acceptors (Lipinski definition) is 3. The Kier molecular flexibility index (Phi) is 7.63. The molecule has 7 aromatic carbocycles. The molecule has 44 heavy (non-hydrogen) atoms. The lowest BCUT2D eigenvalue weighted by Crippen LogP contribution is -2.22. The predicted molar refractivity (Wildman–Crippen MR) is 188 cm³/mol. The van der Waals surface area contributed by atoms with Gasteiger partial charge in [0.05, 0.1) is 12.8 Å². The minimum Gasteiger partial charge on any atom is -0.507 e. The highest BCUT2D eigenvalue weighted by Crippen LogP contribution is 2.45. The standard InChI is InChI=1S/C40H30NO2P/c1-43-31-23-20-30(37(42)26-31)27-41-36-24-21-28-12-8-10-18-34(28)39(36)40-35-19-11-9-13-29(35)22-25-38(40)44(32-14-4-2-5-15-32)33-16-6-3-7-17-33/h2-27,42H,1H3. The first kappa shape index (κ1) is 27.6. The molecule has 7 rings (SSSR count). The second-order valence-electron chi connectivity index (χ2n) is 10.6. The first-order chi connectivity index (χ1) is 21.7. The number of nitrogens with zero attached hydrogens (tertiary/aromatic N) is 1. The topological polar surface area (TPSA) is 41.8 Å². The summed E-state index contributed by atoms with van der Waals surface area (Å²) in [6.45, 7) is 0. The van der Waals surface area contributed by atoms with Crippen molar-refractivity contribution < 1.29 is 9.84 Å². The van der Waals surface area contributed by atoms with Crippen molar-refractivity contribution in [2.24, 2.45) is 4.99 Å². The molecule has 0 saturated carbocycles. The minimum absolute atomic E-state index is 0.123. The fraction of sp³-hybridized carbons (Fsp3) is 0.0250. The van der Waals surface area contributed by atoms with Crippen LogP contribution in [0.2, 0.25) is 0 Å². The summed E-state index contributed by atoms with van der Waals surface area (Å²) in [4.78, 5) is 5.05. The van der Waals surface area contributed by atoms with Crippen LogP contribution in [0.1, 0.15) is 5.56 Å². The van der Waals surface area contributed by atoms with Gasteiger partial charge in [-0.2, -0.15) is 0 Å². The van der Waals surface area contributed by atoms with Gasteiger partial charge in [0.1, 0.15) is 11.5 Å². The Labute approximate surface area is 258 Å². The van der Waals surface area contributed by atoms with Crippen LogP contribution in [0, 0.1) is 0 Å². The van der Waals surface area contributed by atoms with Crippen LogP contribution in [0.3, 0.4) is 0 Å². The third kappa shape index (κ3) is 5.24. The number of fused-ring (bicyclic) bond motifs is 2. The van der Waals surface area contributed by atoms with Gasteiger partial charge in [-0.1, -0.05) is 127 Å². The number of hydrogen-bond donors (Lipinski definition) is 1. The number of phenols is 1. The highest BCUT2D eigenvalue weighted by Gasteiger charge is 2.24. The Morgan fingerprint density at radius 2 is 1.16 bits per heavy atom. The number of phenolic OH excluding ortho intramolecular Hbond substituents is 1. The maximum absolute atomic E-state index is 10.7. The van der Waals surface area contributed by atoms with Crippen molar-refractivity contribution in [3.63, 3.8) is 0 Å². The molecule has 0 aliphatic heterocycles. The van der Waals surface area contributed by atoms with Gasteiger partial charge >= 0.3 is 0 Å². The van der Waals surface area contributed by atoms with E-state index >= 15 is 0 Å². The van der Waals surface area contributed by atoms with Crippen molar-refractivity contribution in [3.8, 4) is 22.6 Å². The van der Waals surface area contributed by atoms with Gasteiger partial charge in [0.2, 0.25) is 0 Å². The molecule has 0 aliphatic carbocycles. The van der Waals surface area contributed by atoms with Crippen LogP contribution in [0.5, 0.6) is 11.5 Å². The van der Waals surface area contributed by atoms with Gasteiger partial charge in [0, 0.05) is 29.0 Å². The van der Waals surface area contributed by atoms with Gasteiger partial charge in [0.25, 0.3) is 0 Å². The quantitative estimate of drug-likeness (QED) is 0.150. The highest BCUT2D eigenvalue weighted by molar-refractivity contribution is 7.80. The number of methoxy groups -OCH3 is 1. The molecule has 0 bridgehead atoms. The zero-order valence-corrected chi connectivity index (χ0v) is 25.2. The lowest BCUT2D eigenvalue weighted by Gasteiger charge is -2.25. The molecule has 0 saturated heterocycles. The van der Waals surface area contributed by atoms with Gasteiger partial charge in [-0.05, 0) is 63.6 Å². The van der Waals surface area contributed by atoms with E-state index < -0.39 is 7.92 Å². The van der Waals surface area contributed by atoms with Crippen LogP contribution >= 0.6 is 7.92 Å². The van der Waals surface area contributed by atoms with Crippen LogP contribution in [-0.4, -0.2) is 18.4 Å². The van der Waals surface area contributed by atoms with Crippen molar-refractivity contribution in [1.82, 2.24) is 0 Å². The van der Waals surface area contributed by atoms with Crippen molar-refractivity contribution >= 4 is 57.3 Å². The minimum atomic E-state index is -0.901. The predicted octanol–water partition coefficient (Wildman–Crippen LogP) is 8.88. The molecule has 0 radical (unpaired) electrons. The Bertz CT molecular complexity index is 2080. The average Bonchev–Trinajstić information content (AvgIpc) is 3.08. The molecular weight excluding hydrogens is 557 g/mol. The Morgan fingerprint density at radius 3 is 1.77 bits per heavy atom. The lowest BCUT2D eigenvalue weighted by atomic mass is 9.92. The summed E-state index contributed by atoms with van der Waals surface area (Å²) >= 11 is 0. The lowest BCUT2D eigenvalue weighted by molar-refractivity contribution is 0.407. The Morgan fingerprint density at radius 1 is 0.591 bits per heavy atom. The second kappa shape index (κ2) is 12.2. The SMILES string of the molecule is COc1ccc(C=Nc2ccc3ccccc3c2-c2c(P(c3ccccc3)c3ccccc3)ccc3ccccc23)c(O)c1. The molecule has 0 aliphatic rings. The summed E-state index contributed by atoms with van der Waals surface area (Å²) < 4.78 is 5.28. The fourth-order valence-electron chi connectivity index (χ4n) is 5.82. The van der Waals surface area contributed by atoms with Crippen molar-refractivity contribution in [1.29, 1.82) is 0 Å². The normalized spacial score (nSPS) is 11.5. The van der Waals surface area contributed by atoms with Gasteiger partial charge in [-0.25, -0.2) is 0 Å². The molecule has 0 spiro atoms. The summed E-state index contributed by atoms with van der Waals surface area (Å²) in [5, 5.41) is 19.2.